The number of nitrogens with zero attached hydrogens (tertiary/aromatic N) is 3. The van der Waals surface area contributed by atoms with Crippen LogP contribution in [0.4, 0.5) is 0 Å². The second kappa shape index (κ2) is 4.61. The standard InChI is InChI=1S/C11H11N3O/c15-8-10-4-6-13-11(14-10)7-9-3-1-2-5-12-9/h1-6,15H,7-8H2. The van der Waals surface area contributed by atoms with Gasteiger partial charge in [0, 0.05) is 18.1 Å². The zero-order chi connectivity index (χ0) is 10.5. The summed E-state index contributed by atoms with van der Waals surface area (Å²) in [4.78, 5) is 12.5. The molecule has 0 atom stereocenters. The fourth-order valence-electron chi connectivity index (χ4n) is 1.28. The maximum absolute atomic E-state index is 8.92. The minimum absolute atomic E-state index is 0.0578. The fourth-order valence-corrected chi connectivity index (χ4v) is 1.28. The highest BCUT2D eigenvalue weighted by Gasteiger charge is 2.00. The summed E-state index contributed by atoms with van der Waals surface area (Å²) in [7, 11) is 0. The van der Waals surface area contributed by atoms with E-state index in [0.29, 0.717) is 17.9 Å². The lowest BCUT2D eigenvalue weighted by molar-refractivity contribution is 0.276. The van der Waals surface area contributed by atoms with E-state index in [1.807, 2.05) is 18.2 Å². The highest BCUT2D eigenvalue weighted by atomic mass is 16.3. The molecule has 0 radical (unpaired) electrons. The molecule has 0 bridgehead atoms. The number of aromatic nitrogens is 3. The van der Waals surface area contributed by atoms with Gasteiger partial charge in [-0.3, -0.25) is 4.98 Å². The fraction of sp³-hybridized carbons (Fsp3) is 0.182. The molecular weight excluding hydrogens is 190 g/mol. The minimum Gasteiger partial charge on any atom is -0.390 e. The minimum atomic E-state index is -0.0578. The average molecular weight is 201 g/mol. The van der Waals surface area contributed by atoms with Gasteiger partial charge in [-0.1, -0.05) is 6.07 Å². The van der Waals surface area contributed by atoms with E-state index in [1.54, 1.807) is 18.5 Å². The number of pyridine rings is 1. The molecule has 2 aromatic rings. The van der Waals surface area contributed by atoms with Gasteiger partial charge in [-0.15, -0.1) is 0 Å². The van der Waals surface area contributed by atoms with Gasteiger partial charge in [-0.25, -0.2) is 9.97 Å². The first kappa shape index (κ1) is 9.73. The van der Waals surface area contributed by atoms with Gasteiger partial charge in [0.05, 0.1) is 18.7 Å². The van der Waals surface area contributed by atoms with E-state index in [4.69, 9.17) is 5.11 Å². The van der Waals surface area contributed by atoms with Crippen molar-refractivity contribution in [3.05, 3.63) is 53.9 Å². The molecule has 1 N–H and O–H groups in total. The Hall–Kier alpha value is -1.81. The topological polar surface area (TPSA) is 58.9 Å². The number of hydrogen-bond donors (Lipinski definition) is 1. The van der Waals surface area contributed by atoms with E-state index in [9.17, 15) is 0 Å². The first-order valence-corrected chi connectivity index (χ1v) is 4.70. The summed E-state index contributed by atoms with van der Waals surface area (Å²) in [5, 5.41) is 8.92. The average Bonchev–Trinajstić information content (AvgIpc) is 2.31. The molecule has 0 amide bonds. The molecule has 0 aliphatic carbocycles. The molecular formula is C11H11N3O. The Kier molecular flexibility index (Phi) is 2.99. The monoisotopic (exact) mass is 201 g/mol. The lowest BCUT2D eigenvalue weighted by Gasteiger charge is -2.00. The van der Waals surface area contributed by atoms with Gasteiger partial charge in [0.15, 0.2) is 0 Å². The summed E-state index contributed by atoms with van der Waals surface area (Å²) < 4.78 is 0. The molecule has 76 valence electrons. The highest BCUT2D eigenvalue weighted by Crippen LogP contribution is 2.02. The van der Waals surface area contributed by atoms with Gasteiger partial charge in [0.2, 0.25) is 0 Å². The Balaban J connectivity index is 2.17. The van der Waals surface area contributed by atoms with Gasteiger partial charge in [0.1, 0.15) is 5.82 Å². The number of aliphatic hydroxyl groups is 1. The summed E-state index contributed by atoms with van der Waals surface area (Å²) in [6.07, 6.45) is 3.98. The van der Waals surface area contributed by atoms with E-state index < -0.39 is 0 Å². The van der Waals surface area contributed by atoms with E-state index in [1.165, 1.54) is 0 Å². The lowest BCUT2D eigenvalue weighted by atomic mass is 10.2. The van der Waals surface area contributed by atoms with E-state index >= 15 is 0 Å². The summed E-state index contributed by atoms with van der Waals surface area (Å²) in [5.41, 5.74) is 1.56. The van der Waals surface area contributed by atoms with Crippen molar-refractivity contribution in [3.63, 3.8) is 0 Å². The van der Waals surface area contributed by atoms with Crippen molar-refractivity contribution in [1.29, 1.82) is 0 Å². The van der Waals surface area contributed by atoms with Gasteiger partial charge >= 0.3 is 0 Å². The molecule has 0 fully saturated rings. The van der Waals surface area contributed by atoms with Crippen molar-refractivity contribution in [3.8, 4) is 0 Å². The molecule has 0 spiro atoms. The second-order valence-electron chi connectivity index (χ2n) is 3.12. The predicted octanol–water partition coefficient (Wildman–Crippen LogP) is 0.955. The van der Waals surface area contributed by atoms with E-state index in [0.717, 1.165) is 5.69 Å². The van der Waals surface area contributed by atoms with Crippen LogP contribution >= 0.6 is 0 Å². The zero-order valence-electron chi connectivity index (χ0n) is 8.17. The third kappa shape index (κ3) is 2.57. The molecule has 0 aliphatic rings. The van der Waals surface area contributed by atoms with Crippen LogP contribution in [0, 0.1) is 0 Å². The molecule has 0 aliphatic heterocycles. The van der Waals surface area contributed by atoms with Crippen LogP contribution in [0.1, 0.15) is 17.2 Å². The smallest absolute Gasteiger partial charge is 0.134 e. The molecule has 0 aromatic carbocycles. The summed E-state index contributed by atoms with van der Waals surface area (Å²) in [5.74, 6) is 0.681. The Morgan fingerprint density at radius 2 is 1.93 bits per heavy atom. The van der Waals surface area contributed by atoms with E-state index in [-0.39, 0.29) is 6.61 Å². The summed E-state index contributed by atoms with van der Waals surface area (Å²) in [6, 6.07) is 7.42. The maximum atomic E-state index is 8.92. The lowest BCUT2D eigenvalue weighted by Crippen LogP contribution is -2.00. The number of hydrogen-bond acceptors (Lipinski definition) is 4. The largest absolute Gasteiger partial charge is 0.390 e. The van der Waals surface area contributed by atoms with Crippen LogP contribution in [0.25, 0.3) is 0 Å². The Labute approximate surface area is 87.7 Å². The molecule has 15 heavy (non-hydrogen) atoms. The van der Waals surface area contributed by atoms with Gasteiger partial charge < -0.3 is 5.11 Å². The van der Waals surface area contributed by atoms with Crippen LogP contribution in [0.15, 0.2) is 36.7 Å². The molecule has 4 heteroatoms. The quantitative estimate of drug-likeness (QED) is 0.803. The SMILES string of the molecule is OCc1ccnc(Cc2ccccn2)n1. The molecule has 0 unspecified atom stereocenters. The summed E-state index contributed by atoms with van der Waals surface area (Å²) in [6.45, 7) is -0.0578. The van der Waals surface area contributed by atoms with Gasteiger partial charge in [-0.05, 0) is 18.2 Å². The highest BCUT2D eigenvalue weighted by molar-refractivity contribution is 5.11. The van der Waals surface area contributed by atoms with Crippen molar-refractivity contribution >= 4 is 0 Å². The molecule has 2 heterocycles. The van der Waals surface area contributed by atoms with Gasteiger partial charge in [0.25, 0.3) is 0 Å². The normalized spacial score (nSPS) is 10.2. The van der Waals surface area contributed by atoms with Crippen molar-refractivity contribution in [2.24, 2.45) is 0 Å². The van der Waals surface area contributed by atoms with Crippen LogP contribution in [0.5, 0.6) is 0 Å². The third-order valence-corrected chi connectivity index (χ3v) is 1.99. The number of aliphatic hydroxyl groups excluding tert-OH is 1. The van der Waals surface area contributed by atoms with Gasteiger partial charge in [-0.2, -0.15) is 0 Å². The van der Waals surface area contributed by atoms with E-state index in [2.05, 4.69) is 15.0 Å². The molecule has 2 rings (SSSR count). The van der Waals surface area contributed by atoms with Crippen molar-refractivity contribution in [1.82, 2.24) is 15.0 Å². The third-order valence-electron chi connectivity index (χ3n) is 1.99. The molecule has 4 nitrogen and oxygen atoms in total. The number of rotatable bonds is 3. The van der Waals surface area contributed by atoms with Crippen LogP contribution in [0.2, 0.25) is 0 Å². The Bertz CT molecular complexity index is 431. The van der Waals surface area contributed by atoms with Crippen LogP contribution in [0.3, 0.4) is 0 Å². The maximum Gasteiger partial charge on any atom is 0.134 e. The summed E-state index contributed by atoms with van der Waals surface area (Å²) >= 11 is 0. The second-order valence-corrected chi connectivity index (χ2v) is 3.12. The van der Waals surface area contributed by atoms with Crippen molar-refractivity contribution in [2.45, 2.75) is 13.0 Å². The molecule has 0 saturated carbocycles. The predicted molar refractivity (Wildman–Crippen MR) is 55.0 cm³/mol. The first-order valence-electron chi connectivity index (χ1n) is 4.70. The molecule has 0 saturated heterocycles. The Morgan fingerprint density at radius 3 is 2.67 bits per heavy atom. The van der Waals surface area contributed by atoms with Crippen molar-refractivity contribution in [2.75, 3.05) is 0 Å². The van der Waals surface area contributed by atoms with Crippen LogP contribution < -0.4 is 0 Å². The Morgan fingerprint density at radius 1 is 1.00 bits per heavy atom. The first-order chi connectivity index (χ1) is 7.38. The van der Waals surface area contributed by atoms with Crippen molar-refractivity contribution < 1.29 is 5.11 Å². The van der Waals surface area contributed by atoms with Crippen LogP contribution in [-0.4, -0.2) is 20.1 Å². The van der Waals surface area contributed by atoms with Crippen LogP contribution in [-0.2, 0) is 13.0 Å². The molecule has 2 aromatic heterocycles. The zero-order valence-corrected chi connectivity index (χ0v) is 8.17.